The maximum atomic E-state index is 14.2. The van der Waals surface area contributed by atoms with Gasteiger partial charge in [0.2, 0.25) is 0 Å². The van der Waals surface area contributed by atoms with Gasteiger partial charge in [0.05, 0.1) is 6.54 Å². The summed E-state index contributed by atoms with van der Waals surface area (Å²) >= 11 is 0. The standard InChI is InChI=1S/C13H21F2N.C2H6/c1-3-7-16-8-6-12(13(14,15)10-16)5-4-11(2)9-12;1-2/h2-10H2,1H3;1-2H3. The van der Waals surface area contributed by atoms with E-state index in [-0.39, 0.29) is 6.54 Å². The highest BCUT2D eigenvalue weighted by atomic mass is 19.3. The van der Waals surface area contributed by atoms with E-state index in [9.17, 15) is 8.78 Å². The van der Waals surface area contributed by atoms with Gasteiger partial charge in [-0.3, -0.25) is 4.90 Å². The molecule has 1 atom stereocenters. The van der Waals surface area contributed by atoms with Gasteiger partial charge in [-0.2, -0.15) is 0 Å². The van der Waals surface area contributed by atoms with E-state index in [1.165, 1.54) is 0 Å². The molecule has 0 amide bonds. The third-order valence-corrected chi connectivity index (χ3v) is 4.19. The van der Waals surface area contributed by atoms with E-state index in [0.717, 1.165) is 31.5 Å². The van der Waals surface area contributed by atoms with Gasteiger partial charge in [0.25, 0.3) is 5.92 Å². The summed E-state index contributed by atoms with van der Waals surface area (Å²) in [4.78, 5) is 1.91. The second-order valence-electron chi connectivity index (χ2n) is 5.44. The van der Waals surface area contributed by atoms with Crippen LogP contribution in [0.15, 0.2) is 12.2 Å². The minimum atomic E-state index is -2.53. The number of likely N-dealkylation sites (tertiary alicyclic amines) is 1. The van der Waals surface area contributed by atoms with Crippen LogP contribution < -0.4 is 0 Å². The Balaban J connectivity index is 0.000000771. The lowest BCUT2D eigenvalue weighted by molar-refractivity contribution is -0.165. The molecule has 0 aromatic heterocycles. The summed E-state index contributed by atoms with van der Waals surface area (Å²) in [6.07, 6.45) is 3.57. The largest absolute Gasteiger partial charge is 0.297 e. The predicted octanol–water partition coefficient (Wildman–Crippen LogP) is 4.49. The van der Waals surface area contributed by atoms with Crippen molar-refractivity contribution in [2.45, 2.75) is 58.8 Å². The third kappa shape index (κ3) is 2.93. The molecule has 18 heavy (non-hydrogen) atoms. The molecule has 1 aliphatic heterocycles. The van der Waals surface area contributed by atoms with Crippen molar-refractivity contribution in [1.82, 2.24) is 4.90 Å². The zero-order valence-electron chi connectivity index (χ0n) is 12.1. The third-order valence-electron chi connectivity index (χ3n) is 4.19. The molecule has 1 heterocycles. The smallest absolute Gasteiger partial charge is 0.266 e. The van der Waals surface area contributed by atoms with Gasteiger partial charge in [-0.25, -0.2) is 8.78 Å². The molecule has 2 aliphatic rings. The summed E-state index contributed by atoms with van der Waals surface area (Å²) in [6.45, 7) is 11.5. The fourth-order valence-corrected chi connectivity index (χ4v) is 3.19. The molecule has 106 valence electrons. The molecule has 0 bridgehead atoms. The van der Waals surface area contributed by atoms with Gasteiger partial charge in [-0.05, 0) is 45.2 Å². The number of nitrogens with zero attached hydrogens (tertiary/aromatic N) is 1. The van der Waals surface area contributed by atoms with Gasteiger partial charge in [-0.15, -0.1) is 0 Å². The fraction of sp³-hybridized carbons (Fsp3) is 0.867. The average Bonchev–Trinajstić information content (AvgIpc) is 2.71. The Kier molecular flexibility index (Phi) is 5.32. The SMILES string of the molecule is C=C1CCC2(CCN(CCC)CC2(F)F)C1.CC. The molecule has 0 aromatic carbocycles. The molecule has 1 aliphatic carbocycles. The first-order valence-corrected chi connectivity index (χ1v) is 7.26. The van der Waals surface area contributed by atoms with Crippen molar-refractivity contribution in [3.63, 3.8) is 0 Å². The van der Waals surface area contributed by atoms with Gasteiger partial charge in [-0.1, -0.05) is 32.9 Å². The summed E-state index contributed by atoms with van der Waals surface area (Å²) in [7, 11) is 0. The summed E-state index contributed by atoms with van der Waals surface area (Å²) in [5.41, 5.74) is 0.262. The Morgan fingerprint density at radius 2 is 1.94 bits per heavy atom. The number of rotatable bonds is 2. The number of hydrogen-bond acceptors (Lipinski definition) is 1. The van der Waals surface area contributed by atoms with Crippen LogP contribution in [0.1, 0.15) is 52.9 Å². The van der Waals surface area contributed by atoms with E-state index in [1.807, 2.05) is 25.7 Å². The number of piperidine rings is 1. The topological polar surface area (TPSA) is 3.24 Å². The second-order valence-corrected chi connectivity index (χ2v) is 5.44. The van der Waals surface area contributed by atoms with E-state index in [0.29, 0.717) is 19.3 Å². The van der Waals surface area contributed by atoms with E-state index >= 15 is 0 Å². The summed E-state index contributed by atoms with van der Waals surface area (Å²) in [5.74, 6) is -2.53. The van der Waals surface area contributed by atoms with Crippen LogP contribution in [0.3, 0.4) is 0 Å². The minimum Gasteiger partial charge on any atom is -0.297 e. The van der Waals surface area contributed by atoms with Crippen LogP contribution in [0.5, 0.6) is 0 Å². The van der Waals surface area contributed by atoms with Crippen molar-refractivity contribution in [2.75, 3.05) is 19.6 Å². The molecule has 2 rings (SSSR count). The molecule has 1 spiro atoms. The molecule has 0 N–H and O–H groups in total. The molecular formula is C15H27F2N. The average molecular weight is 259 g/mol. The molecule has 1 unspecified atom stereocenters. The highest BCUT2D eigenvalue weighted by molar-refractivity contribution is 5.14. The molecule has 3 heteroatoms. The minimum absolute atomic E-state index is 0.0475. The Bertz CT molecular complexity index is 288. The molecule has 1 nitrogen and oxygen atoms in total. The van der Waals surface area contributed by atoms with Gasteiger partial charge >= 0.3 is 0 Å². The van der Waals surface area contributed by atoms with Crippen LogP contribution in [0, 0.1) is 5.41 Å². The van der Waals surface area contributed by atoms with Crippen LogP contribution in [0.4, 0.5) is 8.78 Å². The Morgan fingerprint density at radius 1 is 1.28 bits per heavy atom. The maximum Gasteiger partial charge on any atom is 0.266 e. The summed E-state index contributed by atoms with van der Waals surface area (Å²) in [5, 5.41) is 0. The van der Waals surface area contributed by atoms with Gasteiger partial charge < -0.3 is 0 Å². The normalized spacial score (nSPS) is 31.3. The highest BCUT2D eigenvalue weighted by Crippen LogP contribution is 2.55. The highest BCUT2D eigenvalue weighted by Gasteiger charge is 2.57. The van der Waals surface area contributed by atoms with Crippen LogP contribution in [-0.2, 0) is 0 Å². The number of allylic oxidation sites excluding steroid dienone is 1. The Hall–Kier alpha value is -0.440. The van der Waals surface area contributed by atoms with E-state index < -0.39 is 11.3 Å². The Labute approximate surface area is 110 Å². The van der Waals surface area contributed by atoms with Gasteiger partial charge in [0, 0.05) is 5.41 Å². The van der Waals surface area contributed by atoms with Crippen LogP contribution in [-0.4, -0.2) is 30.5 Å². The molecular weight excluding hydrogens is 232 g/mol. The van der Waals surface area contributed by atoms with E-state index in [1.54, 1.807) is 0 Å². The summed E-state index contributed by atoms with van der Waals surface area (Å²) < 4.78 is 28.5. The first-order valence-electron chi connectivity index (χ1n) is 7.26. The second kappa shape index (κ2) is 6.14. The summed E-state index contributed by atoms with van der Waals surface area (Å²) in [6, 6.07) is 0. The molecule has 2 fully saturated rings. The molecule has 0 radical (unpaired) electrons. The van der Waals surface area contributed by atoms with Gasteiger partial charge in [0.15, 0.2) is 0 Å². The van der Waals surface area contributed by atoms with Crippen LogP contribution in [0.2, 0.25) is 0 Å². The number of hydrogen-bond donors (Lipinski definition) is 0. The fourth-order valence-electron chi connectivity index (χ4n) is 3.19. The predicted molar refractivity (Wildman–Crippen MR) is 73.1 cm³/mol. The zero-order chi connectivity index (χ0) is 13.8. The lowest BCUT2D eigenvalue weighted by Gasteiger charge is -2.45. The number of alkyl halides is 2. The van der Waals surface area contributed by atoms with Crippen molar-refractivity contribution in [1.29, 1.82) is 0 Å². The van der Waals surface area contributed by atoms with E-state index in [4.69, 9.17) is 0 Å². The first kappa shape index (κ1) is 15.6. The zero-order valence-corrected chi connectivity index (χ0v) is 12.1. The van der Waals surface area contributed by atoms with Crippen molar-refractivity contribution in [2.24, 2.45) is 5.41 Å². The van der Waals surface area contributed by atoms with Crippen LogP contribution in [0.25, 0.3) is 0 Å². The van der Waals surface area contributed by atoms with Gasteiger partial charge in [0.1, 0.15) is 0 Å². The lowest BCUT2D eigenvalue weighted by Crippen LogP contribution is -2.54. The Morgan fingerprint density at radius 3 is 2.39 bits per heavy atom. The quantitative estimate of drug-likeness (QED) is 0.660. The number of halogens is 2. The molecule has 1 saturated carbocycles. The van der Waals surface area contributed by atoms with Crippen LogP contribution >= 0.6 is 0 Å². The first-order chi connectivity index (χ1) is 8.49. The van der Waals surface area contributed by atoms with Crippen molar-refractivity contribution < 1.29 is 8.78 Å². The van der Waals surface area contributed by atoms with Crippen molar-refractivity contribution in [3.8, 4) is 0 Å². The van der Waals surface area contributed by atoms with E-state index in [2.05, 4.69) is 6.58 Å². The monoisotopic (exact) mass is 259 g/mol. The van der Waals surface area contributed by atoms with Crippen molar-refractivity contribution >= 4 is 0 Å². The molecule has 1 saturated heterocycles. The maximum absolute atomic E-state index is 14.2. The lowest BCUT2D eigenvalue weighted by atomic mass is 9.73. The molecule has 0 aromatic rings. The van der Waals surface area contributed by atoms with Crippen molar-refractivity contribution in [3.05, 3.63) is 12.2 Å².